The number of benzene rings is 1. The quantitative estimate of drug-likeness (QED) is 0.758. The minimum absolute atomic E-state index is 0.289. The summed E-state index contributed by atoms with van der Waals surface area (Å²) in [5.41, 5.74) is 2.33. The van der Waals surface area contributed by atoms with E-state index in [-0.39, 0.29) is 6.61 Å². The van der Waals surface area contributed by atoms with Gasteiger partial charge in [-0.2, -0.15) is 0 Å². The lowest BCUT2D eigenvalue weighted by Crippen LogP contribution is -2.22. The Hall–Kier alpha value is -1.85. The lowest BCUT2D eigenvalue weighted by atomic mass is 9.86. The Morgan fingerprint density at radius 3 is 2.78 bits per heavy atom. The molecule has 0 radical (unpaired) electrons. The zero-order valence-corrected chi connectivity index (χ0v) is 16.9. The monoisotopic (exact) mass is 371 g/mol. The van der Waals surface area contributed by atoms with Gasteiger partial charge in [0, 0.05) is 42.7 Å². The van der Waals surface area contributed by atoms with Crippen molar-refractivity contribution >= 4 is 0 Å². The van der Waals surface area contributed by atoms with Gasteiger partial charge in [0.25, 0.3) is 0 Å². The molecule has 148 valence electrons. The summed E-state index contributed by atoms with van der Waals surface area (Å²) in [7, 11) is 1.73. The number of nitrogens with zero attached hydrogens (tertiary/aromatic N) is 3. The molecular weight excluding hydrogens is 338 g/mol. The Balaban J connectivity index is 1.90. The summed E-state index contributed by atoms with van der Waals surface area (Å²) in [6.45, 7) is 7.57. The Bertz CT molecular complexity index is 724. The Morgan fingerprint density at radius 2 is 2.07 bits per heavy atom. The van der Waals surface area contributed by atoms with Crippen LogP contribution in [-0.2, 0) is 6.54 Å². The van der Waals surface area contributed by atoms with E-state index in [1.807, 2.05) is 6.20 Å². The normalized spacial score (nSPS) is 20.2. The number of aliphatic hydroxyl groups is 1. The fourth-order valence-corrected chi connectivity index (χ4v) is 4.24. The summed E-state index contributed by atoms with van der Waals surface area (Å²) in [6, 6.07) is 6.81. The molecule has 1 aromatic heterocycles. The zero-order chi connectivity index (χ0) is 19.2. The van der Waals surface area contributed by atoms with Crippen LogP contribution in [0.2, 0.25) is 0 Å². The second kappa shape index (κ2) is 9.38. The van der Waals surface area contributed by atoms with E-state index in [1.165, 1.54) is 12.0 Å². The van der Waals surface area contributed by atoms with Crippen molar-refractivity contribution in [1.82, 2.24) is 14.5 Å². The standard InChI is InChI=1S/C22H33N3O2/c1-4-24(5-2)15-19-14-18(9-10-21(19)27-3)22-23-11-12-25(22)20-8-6-7-17(13-20)16-26/h9-12,14,17,20,26H,4-8,13,15-16H2,1-3H3/t17-,20+/m0/s1. The van der Waals surface area contributed by atoms with Gasteiger partial charge in [0.15, 0.2) is 0 Å². The number of methoxy groups -OCH3 is 1. The molecular formula is C22H33N3O2. The molecule has 0 aliphatic heterocycles. The highest BCUT2D eigenvalue weighted by Crippen LogP contribution is 2.35. The highest BCUT2D eigenvalue weighted by atomic mass is 16.5. The maximum absolute atomic E-state index is 9.57. The van der Waals surface area contributed by atoms with Crippen LogP contribution >= 0.6 is 0 Å². The SMILES string of the molecule is CCN(CC)Cc1cc(-c2nccn2[C@@H]2CCC[C@H](CO)C2)ccc1OC. The zero-order valence-electron chi connectivity index (χ0n) is 16.9. The highest BCUT2D eigenvalue weighted by Gasteiger charge is 2.24. The van der Waals surface area contributed by atoms with Crippen LogP contribution in [0.15, 0.2) is 30.6 Å². The van der Waals surface area contributed by atoms with Gasteiger partial charge in [0.05, 0.1) is 7.11 Å². The van der Waals surface area contributed by atoms with Gasteiger partial charge in [-0.25, -0.2) is 4.98 Å². The van der Waals surface area contributed by atoms with Gasteiger partial charge in [-0.05, 0) is 56.5 Å². The first kappa shape index (κ1) is 19.9. The molecule has 0 saturated heterocycles. The van der Waals surface area contributed by atoms with E-state index in [1.54, 1.807) is 7.11 Å². The number of hydrogen-bond acceptors (Lipinski definition) is 4. The summed E-state index contributed by atoms with van der Waals surface area (Å²) < 4.78 is 7.91. The fourth-order valence-electron chi connectivity index (χ4n) is 4.24. The van der Waals surface area contributed by atoms with Gasteiger partial charge >= 0.3 is 0 Å². The molecule has 1 saturated carbocycles. The molecule has 1 fully saturated rings. The molecule has 3 rings (SSSR count). The van der Waals surface area contributed by atoms with E-state index in [0.29, 0.717) is 12.0 Å². The molecule has 0 bridgehead atoms. The number of rotatable bonds is 8. The average Bonchev–Trinajstić information content (AvgIpc) is 3.21. The summed E-state index contributed by atoms with van der Waals surface area (Å²) >= 11 is 0. The summed E-state index contributed by atoms with van der Waals surface area (Å²) in [4.78, 5) is 7.06. The molecule has 2 atom stereocenters. The molecule has 0 amide bonds. The van der Waals surface area contributed by atoms with Crippen molar-refractivity contribution in [2.45, 2.75) is 52.1 Å². The van der Waals surface area contributed by atoms with E-state index >= 15 is 0 Å². The summed E-state index contributed by atoms with van der Waals surface area (Å²) in [6.07, 6.45) is 8.47. The average molecular weight is 372 g/mol. The van der Waals surface area contributed by atoms with Gasteiger partial charge in [-0.3, -0.25) is 4.90 Å². The summed E-state index contributed by atoms with van der Waals surface area (Å²) in [5.74, 6) is 2.36. The maximum Gasteiger partial charge on any atom is 0.140 e. The number of aromatic nitrogens is 2. The van der Waals surface area contributed by atoms with Crippen LogP contribution in [0.25, 0.3) is 11.4 Å². The third-order valence-corrected chi connectivity index (χ3v) is 5.90. The van der Waals surface area contributed by atoms with Crippen LogP contribution in [0.4, 0.5) is 0 Å². The van der Waals surface area contributed by atoms with Gasteiger partial charge < -0.3 is 14.4 Å². The van der Waals surface area contributed by atoms with Gasteiger partial charge in [-0.15, -0.1) is 0 Å². The van der Waals surface area contributed by atoms with Gasteiger partial charge in [0.1, 0.15) is 11.6 Å². The van der Waals surface area contributed by atoms with Crippen LogP contribution in [0.1, 0.15) is 51.1 Å². The van der Waals surface area contributed by atoms with Crippen LogP contribution in [0.3, 0.4) is 0 Å². The van der Waals surface area contributed by atoms with E-state index in [9.17, 15) is 5.11 Å². The minimum Gasteiger partial charge on any atom is -0.496 e. The molecule has 1 aliphatic rings. The lowest BCUT2D eigenvalue weighted by Gasteiger charge is -2.30. The molecule has 5 heteroatoms. The van der Waals surface area contributed by atoms with Crippen LogP contribution in [0, 0.1) is 5.92 Å². The predicted molar refractivity (Wildman–Crippen MR) is 109 cm³/mol. The van der Waals surface area contributed by atoms with Crippen LogP contribution < -0.4 is 4.74 Å². The molecule has 1 aliphatic carbocycles. The van der Waals surface area contributed by atoms with Crippen molar-refractivity contribution in [2.24, 2.45) is 5.92 Å². The van der Waals surface area contributed by atoms with Crippen molar-refractivity contribution in [3.05, 3.63) is 36.2 Å². The Labute approximate surface area is 163 Å². The Morgan fingerprint density at radius 1 is 1.26 bits per heavy atom. The van der Waals surface area contributed by atoms with E-state index in [4.69, 9.17) is 4.74 Å². The van der Waals surface area contributed by atoms with Crippen molar-refractivity contribution in [3.8, 4) is 17.1 Å². The molecule has 5 nitrogen and oxygen atoms in total. The van der Waals surface area contributed by atoms with Crippen LogP contribution in [0.5, 0.6) is 5.75 Å². The maximum atomic E-state index is 9.57. The van der Waals surface area contributed by atoms with Crippen molar-refractivity contribution in [1.29, 1.82) is 0 Å². The molecule has 0 spiro atoms. The first-order valence-electron chi connectivity index (χ1n) is 10.2. The van der Waals surface area contributed by atoms with Crippen molar-refractivity contribution < 1.29 is 9.84 Å². The minimum atomic E-state index is 0.289. The first-order chi connectivity index (χ1) is 13.2. The molecule has 27 heavy (non-hydrogen) atoms. The first-order valence-corrected chi connectivity index (χ1v) is 10.2. The van der Waals surface area contributed by atoms with Crippen LogP contribution in [-0.4, -0.2) is 46.4 Å². The smallest absolute Gasteiger partial charge is 0.140 e. The third-order valence-electron chi connectivity index (χ3n) is 5.90. The van der Waals surface area contributed by atoms with Gasteiger partial charge in [0.2, 0.25) is 0 Å². The van der Waals surface area contributed by atoms with E-state index < -0.39 is 0 Å². The second-order valence-corrected chi connectivity index (χ2v) is 7.52. The van der Waals surface area contributed by atoms with E-state index in [2.05, 4.69) is 52.7 Å². The topological polar surface area (TPSA) is 50.5 Å². The number of imidazole rings is 1. The summed E-state index contributed by atoms with van der Waals surface area (Å²) in [5, 5.41) is 9.57. The molecule has 2 aromatic rings. The molecule has 1 aromatic carbocycles. The molecule has 0 unspecified atom stereocenters. The molecule has 1 N–H and O–H groups in total. The second-order valence-electron chi connectivity index (χ2n) is 7.52. The van der Waals surface area contributed by atoms with Crippen molar-refractivity contribution in [2.75, 3.05) is 26.8 Å². The van der Waals surface area contributed by atoms with Gasteiger partial charge in [-0.1, -0.05) is 20.3 Å². The van der Waals surface area contributed by atoms with Crippen molar-refractivity contribution in [3.63, 3.8) is 0 Å². The number of ether oxygens (including phenoxy) is 1. The predicted octanol–water partition coefficient (Wildman–Crippen LogP) is 4.12. The third kappa shape index (κ3) is 4.53. The number of hydrogen-bond donors (Lipinski definition) is 1. The van der Waals surface area contributed by atoms with E-state index in [0.717, 1.165) is 56.0 Å². The Kier molecular flexibility index (Phi) is 6.91. The number of aliphatic hydroxyl groups excluding tert-OH is 1. The largest absolute Gasteiger partial charge is 0.496 e. The fraction of sp³-hybridized carbons (Fsp3) is 0.591. The highest BCUT2D eigenvalue weighted by molar-refractivity contribution is 5.59. The lowest BCUT2D eigenvalue weighted by molar-refractivity contribution is 0.163. The molecule has 1 heterocycles.